The van der Waals surface area contributed by atoms with Crippen molar-refractivity contribution in [3.8, 4) is 11.5 Å². The van der Waals surface area contributed by atoms with Gasteiger partial charge in [0.05, 0.1) is 41.9 Å². The van der Waals surface area contributed by atoms with E-state index >= 15 is 0 Å². The molecule has 0 radical (unpaired) electrons. The third kappa shape index (κ3) is 14.2. The van der Waals surface area contributed by atoms with Gasteiger partial charge in [0.15, 0.2) is 5.82 Å². The number of carbonyl (C=O) groups excluding carboxylic acids is 1. The third-order valence-corrected chi connectivity index (χ3v) is 9.32. The van der Waals surface area contributed by atoms with Crippen LogP contribution in [-0.2, 0) is 22.6 Å². The van der Waals surface area contributed by atoms with Gasteiger partial charge in [0, 0.05) is 27.5 Å². The first-order valence-corrected chi connectivity index (χ1v) is 20.9. The van der Waals surface area contributed by atoms with Crippen LogP contribution in [0.4, 0.5) is 23.3 Å². The van der Waals surface area contributed by atoms with Gasteiger partial charge in [-0.25, -0.2) is 14.4 Å². The SMILES string of the molecule is CC(C)Oc1ccc(Nc2nc(Cl)nc(=O)n2Cc2ccc(Cl)cc2)cc1Cl.CCOC(=O)/C=C/c1nc(Nc2ccc(OC(C)C)c(Cl)c2)n(Cc2ccc(Cl)cc2)c(=O)n1. The summed E-state index contributed by atoms with van der Waals surface area (Å²) in [6.07, 6.45) is 2.46. The minimum absolute atomic E-state index is 0.00142. The maximum Gasteiger partial charge on any atom is 0.353 e. The molecule has 0 amide bonds. The highest BCUT2D eigenvalue weighted by molar-refractivity contribution is 6.33. The van der Waals surface area contributed by atoms with Gasteiger partial charge in [-0.2, -0.15) is 19.9 Å². The first-order valence-electron chi connectivity index (χ1n) is 19.0. The number of hydrogen-bond donors (Lipinski definition) is 2. The van der Waals surface area contributed by atoms with Crippen molar-refractivity contribution in [3.05, 3.63) is 154 Å². The van der Waals surface area contributed by atoms with Crippen LogP contribution in [0, 0.1) is 0 Å². The van der Waals surface area contributed by atoms with Gasteiger partial charge < -0.3 is 24.8 Å². The van der Waals surface area contributed by atoms with Crippen molar-refractivity contribution < 1.29 is 19.0 Å². The van der Waals surface area contributed by atoms with Crippen molar-refractivity contribution >= 4 is 93.3 Å². The summed E-state index contributed by atoms with van der Waals surface area (Å²) in [6, 6.07) is 24.6. The van der Waals surface area contributed by atoms with Crippen LogP contribution < -0.4 is 31.5 Å². The highest BCUT2D eigenvalue weighted by Crippen LogP contribution is 2.31. The molecule has 0 bridgehead atoms. The summed E-state index contributed by atoms with van der Waals surface area (Å²) in [7, 11) is 0. The summed E-state index contributed by atoms with van der Waals surface area (Å²) < 4.78 is 18.9. The second kappa shape index (κ2) is 22.5. The number of nitrogens with one attached hydrogen (secondary N) is 2. The minimum atomic E-state index is -0.557. The van der Waals surface area contributed by atoms with Crippen LogP contribution in [-0.4, -0.2) is 53.9 Å². The van der Waals surface area contributed by atoms with Crippen molar-refractivity contribution in [1.82, 2.24) is 29.1 Å². The van der Waals surface area contributed by atoms with E-state index in [2.05, 4.69) is 30.6 Å². The Morgan fingerprint density at radius 3 is 1.53 bits per heavy atom. The molecule has 0 aliphatic carbocycles. The Balaban J connectivity index is 0.000000238. The number of halogens is 5. The maximum absolute atomic E-state index is 12.9. The standard InChI is InChI=1S/C24H24Cl2N4O4.C19H17Cl3N4O2/c1-4-33-22(31)12-11-21-28-23(27-18-9-10-20(19(26)13-18)34-15(2)3)30(24(32)29-21)14-16-5-7-17(25)8-6-16;1-11(2)28-16-8-7-14(9-15(16)21)23-18-24-17(22)25-19(27)26(18)10-12-3-5-13(20)6-4-12/h5-13,15H,4,14H2,1-3H3,(H,27,28,29,32);3-9,11H,10H2,1-2H3,(H,23,24,25,27)/b12-11+;. The van der Waals surface area contributed by atoms with E-state index in [9.17, 15) is 14.4 Å². The van der Waals surface area contributed by atoms with Crippen molar-refractivity contribution in [2.75, 3.05) is 17.2 Å². The largest absolute Gasteiger partial charge is 0.489 e. The van der Waals surface area contributed by atoms with Gasteiger partial charge in [0.1, 0.15) is 11.5 Å². The molecule has 0 unspecified atom stereocenters. The van der Waals surface area contributed by atoms with E-state index in [4.69, 9.17) is 72.2 Å². The molecular weight excluding hydrogens is 902 g/mol. The highest BCUT2D eigenvalue weighted by Gasteiger charge is 2.15. The number of rotatable bonds is 15. The van der Waals surface area contributed by atoms with E-state index in [0.717, 1.165) is 11.1 Å². The van der Waals surface area contributed by atoms with Gasteiger partial charge in [-0.05, 0) is 124 Å². The zero-order valence-electron chi connectivity index (χ0n) is 34.0. The molecule has 6 rings (SSSR count). The Hall–Kier alpha value is -5.64. The normalized spacial score (nSPS) is 11.0. The molecule has 0 atom stereocenters. The fraction of sp³-hybridized carbons (Fsp3) is 0.233. The summed E-state index contributed by atoms with van der Waals surface area (Å²) in [5.41, 5.74) is 1.82. The zero-order valence-corrected chi connectivity index (χ0v) is 37.8. The van der Waals surface area contributed by atoms with Crippen LogP contribution in [0.1, 0.15) is 51.6 Å². The van der Waals surface area contributed by atoms with Gasteiger partial charge in [0.2, 0.25) is 17.2 Å². The number of ether oxygens (including phenoxy) is 3. The molecule has 0 fully saturated rings. The van der Waals surface area contributed by atoms with Crippen molar-refractivity contribution in [2.24, 2.45) is 0 Å². The van der Waals surface area contributed by atoms with Gasteiger partial charge in [-0.1, -0.05) is 70.7 Å². The zero-order chi connectivity index (χ0) is 44.9. The Morgan fingerprint density at radius 2 is 1.10 bits per heavy atom. The van der Waals surface area contributed by atoms with Crippen molar-refractivity contribution in [1.29, 1.82) is 0 Å². The first-order chi connectivity index (χ1) is 29.6. The quantitative estimate of drug-likeness (QED) is 0.0741. The van der Waals surface area contributed by atoms with Crippen LogP contribution >= 0.6 is 58.0 Å². The Morgan fingerprint density at radius 1 is 0.645 bits per heavy atom. The van der Waals surface area contributed by atoms with Crippen LogP contribution in [0.5, 0.6) is 11.5 Å². The fourth-order valence-corrected chi connectivity index (χ4v) is 6.24. The summed E-state index contributed by atoms with van der Waals surface area (Å²) in [6.45, 7) is 10.0. The molecule has 4 aromatic carbocycles. The van der Waals surface area contributed by atoms with Crippen molar-refractivity contribution in [2.45, 2.75) is 59.9 Å². The lowest BCUT2D eigenvalue weighted by Gasteiger charge is -2.15. The fourth-order valence-electron chi connectivity index (χ4n) is 5.39. The maximum atomic E-state index is 12.9. The molecule has 19 heteroatoms. The first kappa shape index (κ1) is 47.4. The van der Waals surface area contributed by atoms with Crippen LogP contribution in [0.3, 0.4) is 0 Å². The summed E-state index contributed by atoms with van der Waals surface area (Å²) in [4.78, 5) is 53.2. The average Bonchev–Trinajstić information content (AvgIpc) is 3.20. The second-order valence-corrected chi connectivity index (χ2v) is 15.7. The lowest BCUT2D eigenvalue weighted by atomic mass is 10.2. The monoisotopic (exact) mass is 940 g/mol. The molecule has 0 aliphatic heterocycles. The average molecular weight is 943 g/mol. The number of hydrogen-bond acceptors (Lipinski definition) is 12. The molecule has 6 aromatic rings. The molecule has 0 saturated heterocycles. The van der Waals surface area contributed by atoms with E-state index in [1.165, 1.54) is 21.3 Å². The van der Waals surface area contributed by atoms with Gasteiger partial charge in [-0.15, -0.1) is 0 Å². The molecule has 0 saturated carbocycles. The summed E-state index contributed by atoms with van der Waals surface area (Å²) in [5.74, 6) is 1.07. The lowest BCUT2D eigenvalue weighted by Crippen LogP contribution is -2.28. The van der Waals surface area contributed by atoms with E-state index in [-0.39, 0.29) is 54.9 Å². The molecule has 324 valence electrons. The summed E-state index contributed by atoms with van der Waals surface area (Å²) >= 11 is 30.4. The predicted octanol–water partition coefficient (Wildman–Crippen LogP) is 10.3. The number of benzene rings is 4. The molecule has 2 aromatic heterocycles. The molecule has 62 heavy (non-hydrogen) atoms. The third-order valence-electron chi connectivity index (χ3n) is 8.05. The van der Waals surface area contributed by atoms with Crippen molar-refractivity contribution in [3.63, 3.8) is 0 Å². The summed E-state index contributed by atoms with van der Waals surface area (Å²) in [5, 5.41) is 8.07. The molecule has 2 N–H and O–H groups in total. The number of anilines is 4. The van der Waals surface area contributed by atoms with E-state index in [0.29, 0.717) is 43.0 Å². The number of esters is 1. The van der Waals surface area contributed by atoms with Gasteiger partial charge in [-0.3, -0.25) is 9.13 Å². The second-order valence-electron chi connectivity index (χ2n) is 13.7. The molecule has 0 aliphatic rings. The molecule has 2 heterocycles. The molecular formula is C43H41Cl5N8O6. The number of aromatic nitrogens is 6. The molecule has 14 nitrogen and oxygen atoms in total. The van der Waals surface area contributed by atoms with Gasteiger partial charge >= 0.3 is 17.3 Å². The van der Waals surface area contributed by atoms with E-state index < -0.39 is 17.3 Å². The van der Waals surface area contributed by atoms with Gasteiger partial charge in [0.25, 0.3) is 0 Å². The van der Waals surface area contributed by atoms with Crippen LogP contribution in [0.15, 0.2) is 101 Å². The minimum Gasteiger partial charge on any atom is -0.489 e. The number of nitrogens with zero attached hydrogens (tertiary/aromatic N) is 6. The predicted molar refractivity (Wildman–Crippen MR) is 245 cm³/mol. The highest BCUT2D eigenvalue weighted by atomic mass is 35.5. The Bertz CT molecular complexity index is 2640. The number of carbonyl (C=O) groups is 1. The van der Waals surface area contributed by atoms with E-state index in [1.54, 1.807) is 67.6 Å². The molecule has 0 spiro atoms. The lowest BCUT2D eigenvalue weighted by molar-refractivity contribution is -0.137. The van der Waals surface area contributed by atoms with E-state index in [1.807, 2.05) is 52.0 Å². The Kier molecular flexibility index (Phi) is 17.2. The smallest absolute Gasteiger partial charge is 0.353 e. The van der Waals surface area contributed by atoms with Crippen LogP contribution in [0.25, 0.3) is 6.08 Å². The van der Waals surface area contributed by atoms with Crippen LogP contribution in [0.2, 0.25) is 25.4 Å². The topological polar surface area (TPSA) is 164 Å². The Labute approximate surface area is 382 Å².